The normalized spacial score (nSPS) is 17.2. The molecule has 1 aliphatic heterocycles. The zero-order valence-corrected chi connectivity index (χ0v) is 18.4. The summed E-state index contributed by atoms with van der Waals surface area (Å²) in [5, 5.41) is 10.7. The molecule has 0 spiro atoms. The van der Waals surface area contributed by atoms with E-state index in [2.05, 4.69) is 10.6 Å². The van der Waals surface area contributed by atoms with E-state index in [0.717, 1.165) is 28.1 Å². The van der Waals surface area contributed by atoms with Gasteiger partial charge >= 0.3 is 0 Å². The standard InChI is InChI=1S/C27H24N4O2/c1-17-13-15-21(16-14-17)31-25-22(18(2)30-31)23(19-9-5-3-6-10-19)24(27(33)29-25)28-26(32)20-11-7-4-8-12-20/h3-16,23-24H,1-2H3,(H,28,32)(H,29,33)/t23-,24+/m0/s1. The van der Waals surface area contributed by atoms with Crippen LogP contribution in [0.3, 0.4) is 0 Å². The van der Waals surface area contributed by atoms with Gasteiger partial charge in [-0.1, -0.05) is 66.2 Å². The van der Waals surface area contributed by atoms with Crippen LogP contribution < -0.4 is 10.6 Å². The summed E-state index contributed by atoms with van der Waals surface area (Å²) in [4.78, 5) is 26.4. The van der Waals surface area contributed by atoms with Gasteiger partial charge in [0, 0.05) is 17.0 Å². The van der Waals surface area contributed by atoms with E-state index in [1.165, 1.54) is 0 Å². The second-order valence-corrected chi connectivity index (χ2v) is 8.29. The van der Waals surface area contributed by atoms with Crippen molar-refractivity contribution in [3.63, 3.8) is 0 Å². The second kappa shape index (κ2) is 8.39. The number of hydrogen-bond donors (Lipinski definition) is 2. The van der Waals surface area contributed by atoms with Crippen molar-refractivity contribution in [2.45, 2.75) is 25.8 Å². The van der Waals surface area contributed by atoms with Crippen LogP contribution in [0, 0.1) is 13.8 Å². The van der Waals surface area contributed by atoms with E-state index in [1.807, 2.05) is 74.5 Å². The number of rotatable bonds is 4. The van der Waals surface area contributed by atoms with Crippen LogP contribution in [0.2, 0.25) is 0 Å². The third-order valence-corrected chi connectivity index (χ3v) is 6.03. The van der Waals surface area contributed by atoms with Crippen molar-refractivity contribution < 1.29 is 9.59 Å². The van der Waals surface area contributed by atoms with Gasteiger partial charge in [-0.3, -0.25) is 9.59 Å². The molecule has 0 aliphatic carbocycles. The van der Waals surface area contributed by atoms with Crippen molar-refractivity contribution in [3.8, 4) is 5.69 Å². The van der Waals surface area contributed by atoms with Crippen molar-refractivity contribution in [2.24, 2.45) is 0 Å². The number of benzene rings is 3. The molecule has 0 unspecified atom stereocenters. The minimum Gasteiger partial charge on any atom is -0.339 e. The van der Waals surface area contributed by atoms with Gasteiger partial charge in [-0.2, -0.15) is 5.10 Å². The zero-order valence-electron chi connectivity index (χ0n) is 18.4. The van der Waals surface area contributed by atoms with Crippen LogP contribution in [0.1, 0.15) is 38.7 Å². The molecule has 2 amide bonds. The number of anilines is 1. The first kappa shape index (κ1) is 20.7. The number of nitrogens with zero attached hydrogens (tertiary/aromatic N) is 2. The number of fused-ring (bicyclic) bond motifs is 1. The number of hydrogen-bond acceptors (Lipinski definition) is 3. The highest BCUT2D eigenvalue weighted by Crippen LogP contribution is 2.40. The van der Waals surface area contributed by atoms with Crippen LogP contribution >= 0.6 is 0 Å². The van der Waals surface area contributed by atoms with Crippen molar-refractivity contribution in [1.29, 1.82) is 0 Å². The van der Waals surface area contributed by atoms with Gasteiger partial charge in [0.1, 0.15) is 11.9 Å². The number of carbonyl (C=O) groups is 2. The predicted octanol–water partition coefficient (Wildman–Crippen LogP) is 4.37. The lowest BCUT2D eigenvalue weighted by Crippen LogP contribution is -2.50. The molecule has 0 saturated heterocycles. The summed E-state index contributed by atoms with van der Waals surface area (Å²) < 4.78 is 1.77. The number of aryl methyl sites for hydroxylation is 2. The number of amides is 2. The molecule has 6 nitrogen and oxygen atoms in total. The Kier molecular flexibility index (Phi) is 5.26. The largest absolute Gasteiger partial charge is 0.339 e. The van der Waals surface area contributed by atoms with Gasteiger partial charge in [0.25, 0.3) is 5.91 Å². The molecule has 0 bridgehead atoms. The molecule has 2 atom stereocenters. The van der Waals surface area contributed by atoms with Crippen LogP contribution in [0.4, 0.5) is 5.82 Å². The van der Waals surface area contributed by atoms with Crippen LogP contribution in [0.25, 0.3) is 5.69 Å². The predicted molar refractivity (Wildman–Crippen MR) is 128 cm³/mol. The van der Waals surface area contributed by atoms with Crippen LogP contribution in [-0.2, 0) is 4.79 Å². The summed E-state index contributed by atoms with van der Waals surface area (Å²) in [6, 6.07) is 25.9. The third-order valence-electron chi connectivity index (χ3n) is 6.03. The average Bonchev–Trinajstić information content (AvgIpc) is 3.16. The minimum atomic E-state index is -0.776. The molecule has 6 heteroatoms. The van der Waals surface area contributed by atoms with E-state index in [4.69, 9.17) is 5.10 Å². The molecule has 2 N–H and O–H groups in total. The highest BCUT2D eigenvalue weighted by molar-refractivity contribution is 6.04. The average molecular weight is 437 g/mol. The fourth-order valence-electron chi connectivity index (χ4n) is 4.40. The van der Waals surface area contributed by atoms with Crippen molar-refractivity contribution in [1.82, 2.24) is 15.1 Å². The monoisotopic (exact) mass is 436 g/mol. The van der Waals surface area contributed by atoms with Crippen molar-refractivity contribution in [3.05, 3.63) is 113 Å². The summed E-state index contributed by atoms with van der Waals surface area (Å²) in [6.45, 7) is 3.97. The van der Waals surface area contributed by atoms with E-state index in [0.29, 0.717) is 11.4 Å². The van der Waals surface area contributed by atoms with Crippen LogP contribution in [-0.4, -0.2) is 27.6 Å². The molecule has 164 valence electrons. The molecule has 4 aromatic rings. The highest BCUT2D eigenvalue weighted by atomic mass is 16.2. The van der Waals surface area contributed by atoms with Gasteiger partial charge in [-0.05, 0) is 43.7 Å². The fourth-order valence-corrected chi connectivity index (χ4v) is 4.40. The van der Waals surface area contributed by atoms with E-state index in [9.17, 15) is 9.59 Å². The van der Waals surface area contributed by atoms with Crippen LogP contribution in [0.15, 0.2) is 84.9 Å². The molecule has 0 radical (unpaired) electrons. The topological polar surface area (TPSA) is 76.0 Å². The number of nitrogens with one attached hydrogen (secondary N) is 2. The smallest absolute Gasteiger partial charge is 0.251 e. The first-order valence-corrected chi connectivity index (χ1v) is 10.9. The van der Waals surface area contributed by atoms with Crippen molar-refractivity contribution >= 4 is 17.6 Å². The molecule has 3 aromatic carbocycles. The first-order chi connectivity index (χ1) is 16.0. The van der Waals surface area contributed by atoms with Gasteiger partial charge in [-0.15, -0.1) is 0 Å². The Labute approximate surface area is 192 Å². The Balaban J connectivity index is 1.62. The maximum atomic E-state index is 13.4. The Morgan fingerprint density at radius 1 is 0.909 bits per heavy atom. The van der Waals surface area contributed by atoms with Gasteiger partial charge in [0.2, 0.25) is 5.91 Å². The maximum absolute atomic E-state index is 13.4. The van der Waals surface area contributed by atoms with E-state index < -0.39 is 6.04 Å². The molecule has 0 saturated carbocycles. The van der Waals surface area contributed by atoms with Gasteiger partial charge in [0.05, 0.1) is 11.4 Å². The maximum Gasteiger partial charge on any atom is 0.251 e. The summed E-state index contributed by atoms with van der Waals surface area (Å²) >= 11 is 0. The third kappa shape index (κ3) is 3.80. The SMILES string of the molecule is Cc1ccc(-n2nc(C)c3c2NC(=O)[C@H](NC(=O)c2ccccc2)[C@H]3c2ccccc2)cc1. The van der Waals surface area contributed by atoms with Gasteiger partial charge < -0.3 is 10.6 Å². The summed E-state index contributed by atoms with van der Waals surface area (Å²) in [5.74, 6) is -0.292. The molecule has 5 rings (SSSR count). The molecule has 1 aromatic heterocycles. The minimum absolute atomic E-state index is 0.270. The van der Waals surface area contributed by atoms with Crippen molar-refractivity contribution in [2.75, 3.05) is 5.32 Å². The van der Waals surface area contributed by atoms with Gasteiger partial charge in [0.15, 0.2) is 0 Å². The Hall–Kier alpha value is -4.19. The quantitative estimate of drug-likeness (QED) is 0.499. The van der Waals surface area contributed by atoms with E-state index in [1.54, 1.807) is 28.9 Å². The Morgan fingerprint density at radius 3 is 2.21 bits per heavy atom. The number of aromatic nitrogens is 2. The summed E-state index contributed by atoms with van der Waals surface area (Å²) in [6.07, 6.45) is 0. The lowest BCUT2D eigenvalue weighted by Gasteiger charge is -2.32. The fraction of sp³-hybridized carbons (Fsp3) is 0.148. The Morgan fingerprint density at radius 2 is 1.55 bits per heavy atom. The summed E-state index contributed by atoms with van der Waals surface area (Å²) in [5.41, 5.74) is 5.17. The van der Waals surface area contributed by atoms with Crippen LogP contribution in [0.5, 0.6) is 0 Å². The molecular formula is C27H24N4O2. The molecule has 0 fully saturated rings. The molecular weight excluding hydrogens is 412 g/mol. The molecule has 2 heterocycles. The second-order valence-electron chi connectivity index (χ2n) is 8.29. The number of carbonyl (C=O) groups excluding carboxylic acids is 2. The first-order valence-electron chi connectivity index (χ1n) is 10.9. The van der Waals surface area contributed by atoms with E-state index in [-0.39, 0.29) is 17.7 Å². The Bertz CT molecular complexity index is 1310. The van der Waals surface area contributed by atoms with E-state index >= 15 is 0 Å². The lowest BCUT2D eigenvalue weighted by molar-refractivity contribution is -0.118. The van der Waals surface area contributed by atoms with Gasteiger partial charge in [-0.25, -0.2) is 4.68 Å². The highest BCUT2D eigenvalue weighted by Gasteiger charge is 2.41. The molecule has 33 heavy (non-hydrogen) atoms. The summed E-state index contributed by atoms with van der Waals surface area (Å²) in [7, 11) is 0. The lowest BCUT2D eigenvalue weighted by atomic mass is 9.82. The zero-order chi connectivity index (χ0) is 22.9. The molecule has 1 aliphatic rings.